The second kappa shape index (κ2) is 33.7. The lowest BCUT2D eigenvalue weighted by Gasteiger charge is -2.31. The molecule has 3 amide bonds. The highest BCUT2D eigenvalue weighted by atomic mass is 19.3. The first-order valence-electron chi connectivity index (χ1n) is 31.2. The Labute approximate surface area is 486 Å². The molecule has 5 aliphatic rings. The van der Waals surface area contributed by atoms with Gasteiger partial charge in [-0.15, -0.1) is 17.8 Å². The van der Waals surface area contributed by atoms with Crippen LogP contribution >= 0.6 is 0 Å². The largest absolute Gasteiger partial charge is 0.356 e. The summed E-state index contributed by atoms with van der Waals surface area (Å²) in [5.74, 6) is 23.2. The van der Waals surface area contributed by atoms with Gasteiger partial charge in [-0.3, -0.25) is 14.4 Å². The summed E-state index contributed by atoms with van der Waals surface area (Å²) in [5, 5.41) is 8.94. The number of alkyl halides is 3. The van der Waals surface area contributed by atoms with Crippen LogP contribution in [0.5, 0.6) is 0 Å². The fourth-order valence-corrected chi connectivity index (χ4v) is 10.5. The van der Waals surface area contributed by atoms with Crippen LogP contribution in [0.25, 0.3) is 0 Å². The van der Waals surface area contributed by atoms with Gasteiger partial charge in [-0.05, 0) is 149 Å². The van der Waals surface area contributed by atoms with Gasteiger partial charge in [0, 0.05) is 100 Å². The Balaban J connectivity index is 0.000000285. The molecule has 7 atom stereocenters. The maximum Gasteiger partial charge on any atom is 0.311 e. The minimum Gasteiger partial charge on any atom is -0.356 e. The van der Waals surface area contributed by atoms with E-state index in [1.54, 1.807) is 12.1 Å². The number of benzene rings is 1. The molecule has 4 aliphatic carbocycles. The topological polar surface area (TPSA) is 90.5 Å². The van der Waals surface area contributed by atoms with Crippen LogP contribution in [0.1, 0.15) is 247 Å². The maximum absolute atomic E-state index is 15.0. The van der Waals surface area contributed by atoms with Crippen molar-refractivity contribution in [3.63, 3.8) is 0 Å². The minimum atomic E-state index is -3.04. The highest BCUT2D eigenvalue weighted by Gasteiger charge is 2.50. The van der Waals surface area contributed by atoms with Crippen LogP contribution in [-0.4, -0.2) is 73.0 Å². The molecule has 0 saturated heterocycles. The third kappa shape index (κ3) is 26.7. The Hall–Kier alpha value is -4.38. The number of nitrogens with zero attached hydrogens (tertiary/aromatic N) is 1. The highest BCUT2D eigenvalue weighted by molar-refractivity contribution is 5.94. The molecular weight excluding hydrogens is 1000 g/mol. The van der Waals surface area contributed by atoms with Gasteiger partial charge in [-0.2, -0.15) is 8.78 Å². The van der Waals surface area contributed by atoms with E-state index in [0.717, 1.165) is 113 Å². The highest BCUT2D eigenvalue weighted by Crippen LogP contribution is 2.57. The van der Waals surface area contributed by atoms with Crippen LogP contribution in [0, 0.1) is 99.1 Å². The van der Waals surface area contributed by atoms with Gasteiger partial charge in [-0.25, -0.2) is 4.39 Å². The first-order valence-corrected chi connectivity index (χ1v) is 31.2. The summed E-state index contributed by atoms with van der Waals surface area (Å²) < 4.78 is 42.8. The van der Waals surface area contributed by atoms with Crippen molar-refractivity contribution < 1.29 is 27.6 Å². The number of halogens is 3. The summed E-state index contributed by atoms with van der Waals surface area (Å²) in [4.78, 5) is 38.4. The van der Waals surface area contributed by atoms with Crippen LogP contribution in [0.15, 0.2) is 24.3 Å². The van der Waals surface area contributed by atoms with Crippen molar-refractivity contribution in [2.45, 2.75) is 255 Å². The van der Waals surface area contributed by atoms with Gasteiger partial charge >= 0.3 is 5.92 Å². The molecule has 0 bridgehead atoms. The fourth-order valence-electron chi connectivity index (χ4n) is 10.5. The van der Waals surface area contributed by atoms with E-state index in [1.807, 2.05) is 30.0 Å². The van der Waals surface area contributed by atoms with E-state index in [1.165, 1.54) is 25.7 Å². The van der Waals surface area contributed by atoms with Gasteiger partial charge in [0.1, 0.15) is 0 Å². The SMILES string of the molecule is CCC(C)(C)CC1[C@H]2CCC#CCC[C@@H]12.CCC(C)(C)CCNC(=O)CC1CCCCC#CC1(F)F.CCC(C)(C)CCNC(=O)c1ccc(CC2(F)C#CCCCCC2)cc1.CNC(C)(C)CC(=O)N1CCC#CC(C)C(C)C1. The summed E-state index contributed by atoms with van der Waals surface area (Å²) in [5.41, 5.74) is 0.919. The molecule has 1 aromatic rings. The molecule has 7 nitrogen and oxygen atoms in total. The molecule has 0 spiro atoms. The van der Waals surface area contributed by atoms with Gasteiger partial charge in [-0.1, -0.05) is 144 Å². The third-order valence-electron chi connectivity index (χ3n) is 18.2. The van der Waals surface area contributed by atoms with Gasteiger partial charge < -0.3 is 20.9 Å². The number of carbonyl (C=O) groups excluding carboxylic acids is 3. The Bertz CT molecular complexity index is 2310. The molecule has 3 N–H and O–H groups in total. The summed E-state index contributed by atoms with van der Waals surface area (Å²) in [6.45, 7) is 31.4. The van der Waals surface area contributed by atoms with Gasteiger partial charge in [0.05, 0.1) is 0 Å². The Kier molecular flexibility index (Phi) is 29.4. The Morgan fingerprint density at radius 2 is 1.25 bits per heavy atom. The molecule has 448 valence electrons. The van der Waals surface area contributed by atoms with Crippen LogP contribution in [-0.2, 0) is 16.0 Å². The number of amides is 3. The van der Waals surface area contributed by atoms with Gasteiger partial charge in [0.15, 0.2) is 5.67 Å². The standard InChI is InChI=1S/C23H32FNO.C17H27F2NO.C15H26N2O.C15H24/c1-4-22(2,3)16-17-25-21(26)20-12-10-19(11-13-20)18-23(24)14-8-6-5-7-9-15-23;1-4-16(2,3)11-12-20-15(21)13-14-9-7-5-6-8-10-17(14,18)19;1-12-8-6-7-9-17(11-13(12)2)14(18)10-15(3,4)16-5;1-4-15(2,3)11-14-12-9-7-5-6-8-10-13(12)14/h10-13H,4-8,14,16-18H2,1-3H3,(H,25,26);14H,4-7,9,11-13H2,1-3H3,(H,20,21);12-13,16H,7,9-11H2,1-5H3;12-14H,4,7-11H2,1-3H3/t;;;12-,13+,14?. The number of carbonyl (C=O) groups is 3. The maximum atomic E-state index is 15.0. The molecular formula is C70H109F3N4O3. The van der Waals surface area contributed by atoms with E-state index in [9.17, 15) is 23.2 Å². The molecule has 80 heavy (non-hydrogen) atoms. The number of hydrogen-bond acceptors (Lipinski definition) is 4. The lowest BCUT2D eigenvalue weighted by Crippen LogP contribution is -2.45. The lowest BCUT2D eigenvalue weighted by molar-refractivity contribution is -0.133. The van der Waals surface area contributed by atoms with Gasteiger partial charge in [0.2, 0.25) is 11.8 Å². The zero-order chi connectivity index (χ0) is 59.6. The first-order chi connectivity index (χ1) is 37.6. The summed E-state index contributed by atoms with van der Waals surface area (Å²) >= 11 is 0. The molecule has 10 heteroatoms. The molecule has 5 unspecified atom stereocenters. The number of nitrogens with one attached hydrogen (secondary N) is 3. The van der Waals surface area contributed by atoms with Crippen molar-refractivity contribution in [2.75, 3.05) is 33.2 Å². The predicted molar refractivity (Wildman–Crippen MR) is 327 cm³/mol. The third-order valence-corrected chi connectivity index (χ3v) is 18.2. The first kappa shape index (κ1) is 69.9. The quantitative estimate of drug-likeness (QED) is 0.120. The Morgan fingerprint density at radius 1 is 0.675 bits per heavy atom. The number of hydrogen-bond donors (Lipinski definition) is 3. The van der Waals surface area contributed by atoms with E-state index in [0.29, 0.717) is 74.4 Å². The summed E-state index contributed by atoms with van der Waals surface area (Å²) in [6, 6.07) is 7.28. The minimum absolute atomic E-state index is 0.0656. The van der Waals surface area contributed by atoms with E-state index < -0.39 is 17.5 Å². The van der Waals surface area contributed by atoms with Crippen molar-refractivity contribution in [3.05, 3.63) is 35.4 Å². The fraction of sp³-hybridized carbons (Fsp3) is 0.757. The van der Waals surface area contributed by atoms with E-state index in [4.69, 9.17) is 0 Å². The second-order valence-corrected chi connectivity index (χ2v) is 27.0. The average molecular weight is 1110 g/mol. The van der Waals surface area contributed by atoms with Crippen molar-refractivity contribution in [2.24, 2.45) is 51.8 Å². The summed E-state index contributed by atoms with van der Waals surface area (Å²) in [7, 11) is 1.90. The molecule has 1 aliphatic heterocycles. The predicted octanol–water partition coefficient (Wildman–Crippen LogP) is 15.7. The van der Waals surface area contributed by atoms with Crippen molar-refractivity contribution in [1.82, 2.24) is 20.9 Å². The number of fused-ring (bicyclic) bond motifs is 1. The van der Waals surface area contributed by atoms with Crippen molar-refractivity contribution in [1.29, 1.82) is 0 Å². The molecule has 0 aromatic heterocycles. The molecule has 1 heterocycles. The number of rotatable bonds is 19. The van der Waals surface area contributed by atoms with E-state index >= 15 is 4.39 Å². The smallest absolute Gasteiger partial charge is 0.311 e. The molecule has 1 saturated carbocycles. The van der Waals surface area contributed by atoms with E-state index in [2.05, 4.69) is 147 Å². The molecule has 0 radical (unpaired) electrons. The average Bonchev–Trinajstić information content (AvgIpc) is 4.04. The lowest BCUT2D eigenvalue weighted by atomic mass is 9.83. The second-order valence-electron chi connectivity index (χ2n) is 27.0. The Morgan fingerprint density at radius 3 is 1.84 bits per heavy atom. The van der Waals surface area contributed by atoms with Crippen LogP contribution in [0.2, 0.25) is 0 Å². The van der Waals surface area contributed by atoms with Crippen molar-refractivity contribution in [3.8, 4) is 47.4 Å². The van der Waals surface area contributed by atoms with Gasteiger partial charge in [0.25, 0.3) is 5.91 Å². The normalized spacial score (nSPS) is 24.4. The molecule has 6 rings (SSSR count). The van der Waals surface area contributed by atoms with Crippen LogP contribution in [0.4, 0.5) is 13.2 Å². The molecule has 1 aromatic carbocycles. The van der Waals surface area contributed by atoms with Crippen molar-refractivity contribution >= 4 is 17.7 Å². The van der Waals surface area contributed by atoms with E-state index in [-0.39, 0.29) is 40.5 Å². The van der Waals surface area contributed by atoms with Crippen LogP contribution in [0.3, 0.4) is 0 Å². The molecule has 1 fully saturated rings. The zero-order valence-electron chi connectivity index (χ0n) is 52.7. The zero-order valence-corrected chi connectivity index (χ0v) is 52.7. The summed E-state index contributed by atoms with van der Waals surface area (Å²) in [6.07, 6.45) is 20.0. The van der Waals surface area contributed by atoms with Crippen LogP contribution < -0.4 is 16.0 Å². The monoisotopic (exact) mass is 1110 g/mol.